The third-order valence-electron chi connectivity index (χ3n) is 4.23. The fourth-order valence-electron chi connectivity index (χ4n) is 2.91. The lowest BCUT2D eigenvalue weighted by molar-refractivity contribution is -0.125. The lowest BCUT2D eigenvalue weighted by Gasteiger charge is -2.30. The number of nitrogens with one attached hydrogen (secondary N) is 1. The molecule has 1 aliphatic rings. The second-order valence-electron chi connectivity index (χ2n) is 5.79. The molecule has 23 heavy (non-hydrogen) atoms. The molecule has 1 fully saturated rings. The van der Waals surface area contributed by atoms with Crippen LogP contribution in [-0.4, -0.2) is 45.5 Å². The van der Waals surface area contributed by atoms with Crippen molar-refractivity contribution in [3.8, 4) is 0 Å². The highest BCUT2D eigenvalue weighted by molar-refractivity contribution is 7.16. The molecule has 1 amide bonds. The first kappa shape index (κ1) is 16.1. The van der Waals surface area contributed by atoms with E-state index in [9.17, 15) is 9.59 Å². The molecule has 8 heteroatoms. The van der Waals surface area contributed by atoms with Crippen LogP contribution in [0, 0.1) is 5.92 Å². The van der Waals surface area contributed by atoms with Crippen molar-refractivity contribution in [2.24, 2.45) is 5.92 Å². The number of hydrogen-bond donors (Lipinski definition) is 1. The van der Waals surface area contributed by atoms with Gasteiger partial charge in [0, 0.05) is 25.6 Å². The summed E-state index contributed by atoms with van der Waals surface area (Å²) in [6.45, 7) is 4.36. The Hall–Kier alpha value is -1.80. The second-order valence-corrected chi connectivity index (χ2v) is 6.83. The Bertz CT molecular complexity index is 761. The van der Waals surface area contributed by atoms with Crippen LogP contribution >= 0.6 is 11.3 Å². The van der Waals surface area contributed by atoms with E-state index in [1.807, 2.05) is 6.92 Å². The third kappa shape index (κ3) is 3.42. The SMILES string of the molecule is CCc1nn2c(=O)cc(CN3CCC(C(=O)NC)CC3)nc2s1. The van der Waals surface area contributed by atoms with E-state index in [4.69, 9.17) is 0 Å². The third-order valence-corrected chi connectivity index (χ3v) is 5.29. The zero-order chi connectivity index (χ0) is 16.4. The van der Waals surface area contributed by atoms with E-state index in [-0.39, 0.29) is 17.4 Å². The van der Waals surface area contributed by atoms with Crippen molar-refractivity contribution < 1.29 is 4.79 Å². The summed E-state index contributed by atoms with van der Waals surface area (Å²) < 4.78 is 1.38. The summed E-state index contributed by atoms with van der Waals surface area (Å²) in [5.41, 5.74) is 0.654. The molecule has 2 aromatic heterocycles. The molecule has 1 N–H and O–H groups in total. The van der Waals surface area contributed by atoms with Gasteiger partial charge in [0.15, 0.2) is 0 Å². The van der Waals surface area contributed by atoms with Crippen molar-refractivity contribution in [2.75, 3.05) is 20.1 Å². The summed E-state index contributed by atoms with van der Waals surface area (Å²) in [6, 6.07) is 1.57. The highest BCUT2D eigenvalue weighted by Gasteiger charge is 2.24. The fourth-order valence-corrected chi connectivity index (χ4v) is 3.76. The van der Waals surface area contributed by atoms with Crippen LogP contribution in [-0.2, 0) is 17.8 Å². The van der Waals surface area contributed by atoms with E-state index >= 15 is 0 Å². The monoisotopic (exact) mass is 335 g/mol. The first-order chi connectivity index (χ1) is 11.1. The van der Waals surface area contributed by atoms with Gasteiger partial charge in [-0.05, 0) is 32.4 Å². The number of aryl methyl sites for hydroxylation is 1. The van der Waals surface area contributed by atoms with Gasteiger partial charge < -0.3 is 5.32 Å². The Morgan fingerprint density at radius 2 is 2.17 bits per heavy atom. The number of hydrogen-bond acceptors (Lipinski definition) is 6. The zero-order valence-corrected chi connectivity index (χ0v) is 14.2. The summed E-state index contributed by atoms with van der Waals surface area (Å²) in [4.78, 5) is 31.3. The molecular weight excluding hydrogens is 314 g/mol. The maximum atomic E-state index is 12.1. The van der Waals surface area contributed by atoms with Gasteiger partial charge in [-0.15, -0.1) is 0 Å². The standard InChI is InChI=1S/C15H21N5O2S/c1-3-12-18-20-13(21)8-11(17-15(20)23-12)9-19-6-4-10(5-7-19)14(22)16-2/h8,10H,3-7,9H2,1-2H3,(H,16,22). The Kier molecular flexibility index (Phi) is 4.72. The number of rotatable bonds is 4. The van der Waals surface area contributed by atoms with E-state index in [2.05, 4.69) is 20.3 Å². The summed E-state index contributed by atoms with van der Waals surface area (Å²) in [6.07, 6.45) is 2.50. The predicted molar refractivity (Wildman–Crippen MR) is 88.6 cm³/mol. The first-order valence-corrected chi connectivity index (χ1v) is 8.75. The second kappa shape index (κ2) is 6.76. The number of likely N-dealkylation sites (tertiary alicyclic amines) is 1. The number of amides is 1. The number of aromatic nitrogens is 3. The molecule has 1 saturated heterocycles. The van der Waals surface area contributed by atoms with Crippen LogP contribution < -0.4 is 10.9 Å². The minimum absolute atomic E-state index is 0.103. The lowest BCUT2D eigenvalue weighted by atomic mass is 9.96. The van der Waals surface area contributed by atoms with Crippen LogP contribution in [0.1, 0.15) is 30.5 Å². The van der Waals surface area contributed by atoms with Crippen LogP contribution in [0.15, 0.2) is 10.9 Å². The van der Waals surface area contributed by atoms with Crippen molar-refractivity contribution in [3.63, 3.8) is 0 Å². The maximum Gasteiger partial charge on any atom is 0.275 e. The largest absolute Gasteiger partial charge is 0.359 e. The number of carbonyl (C=O) groups excluding carboxylic acids is 1. The molecule has 7 nitrogen and oxygen atoms in total. The molecule has 0 aromatic carbocycles. The Balaban J connectivity index is 1.70. The fraction of sp³-hybridized carbons (Fsp3) is 0.600. The van der Waals surface area contributed by atoms with Crippen LogP contribution in [0.4, 0.5) is 0 Å². The van der Waals surface area contributed by atoms with E-state index in [0.717, 1.165) is 43.1 Å². The topological polar surface area (TPSA) is 79.6 Å². The normalized spacial score (nSPS) is 16.8. The van der Waals surface area contributed by atoms with Crippen LogP contribution in [0.25, 0.3) is 4.96 Å². The van der Waals surface area contributed by atoms with E-state index in [1.165, 1.54) is 15.9 Å². The van der Waals surface area contributed by atoms with Gasteiger partial charge in [0.1, 0.15) is 5.01 Å². The molecule has 3 heterocycles. The molecule has 2 aromatic rings. The molecule has 0 spiro atoms. The van der Waals surface area contributed by atoms with Gasteiger partial charge in [0.25, 0.3) is 5.56 Å². The maximum absolute atomic E-state index is 12.1. The van der Waals surface area contributed by atoms with Gasteiger partial charge in [-0.25, -0.2) is 4.98 Å². The molecule has 0 saturated carbocycles. The van der Waals surface area contributed by atoms with E-state index < -0.39 is 0 Å². The van der Waals surface area contributed by atoms with Crippen LogP contribution in [0.3, 0.4) is 0 Å². The smallest absolute Gasteiger partial charge is 0.275 e. The molecule has 124 valence electrons. The number of piperidine rings is 1. The molecular formula is C15H21N5O2S. The average molecular weight is 335 g/mol. The molecule has 1 aliphatic heterocycles. The van der Waals surface area contributed by atoms with Gasteiger partial charge in [-0.3, -0.25) is 14.5 Å². The van der Waals surface area contributed by atoms with E-state index in [1.54, 1.807) is 13.1 Å². The predicted octanol–water partition coefficient (Wildman–Crippen LogP) is 0.671. The first-order valence-electron chi connectivity index (χ1n) is 7.93. The van der Waals surface area contributed by atoms with E-state index in [0.29, 0.717) is 11.5 Å². The van der Waals surface area contributed by atoms with Crippen molar-refractivity contribution in [3.05, 3.63) is 27.1 Å². The molecule has 0 bridgehead atoms. The number of fused-ring (bicyclic) bond motifs is 1. The summed E-state index contributed by atoms with van der Waals surface area (Å²) in [5, 5.41) is 7.89. The van der Waals surface area contributed by atoms with Crippen LogP contribution in [0.2, 0.25) is 0 Å². The van der Waals surface area contributed by atoms with Gasteiger partial charge in [-0.1, -0.05) is 18.3 Å². The van der Waals surface area contributed by atoms with Gasteiger partial charge in [0.05, 0.1) is 5.69 Å². The molecule has 0 aliphatic carbocycles. The highest BCUT2D eigenvalue weighted by atomic mass is 32.1. The Morgan fingerprint density at radius 3 is 2.83 bits per heavy atom. The van der Waals surface area contributed by atoms with Crippen molar-refractivity contribution in [1.82, 2.24) is 24.8 Å². The number of nitrogens with zero attached hydrogens (tertiary/aromatic N) is 4. The molecule has 0 radical (unpaired) electrons. The summed E-state index contributed by atoms with van der Waals surface area (Å²) in [5.74, 6) is 0.227. The Morgan fingerprint density at radius 1 is 1.43 bits per heavy atom. The van der Waals surface area contributed by atoms with Crippen molar-refractivity contribution in [1.29, 1.82) is 0 Å². The van der Waals surface area contributed by atoms with Gasteiger partial charge in [0.2, 0.25) is 10.9 Å². The minimum Gasteiger partial charge on any atom is -0.359 e. The van der Waals surface area contributed by atoms with Crippen LogP contribution in [0.5, 0.6) is 0 Å². The molecule has 0 unspecified atom stereocenters. The summed E-state index contributed by atoms with van der Waals surface area (Å²) in [7, 11) is 1.68. The molecule has 3 rings (SSSR count). The average Bonchev–Trinajstić information content (AvgIpc) is 2.98. The zero-order valence-electron chi connectivity index (χ0n) is 13.4. The van der Waals surface area contributed by atoms with Crippen molar-refractivity contribution >= 4 is 22.2 Å². The number of carbonyl (C=O) groups is 1. The Labute approximate surface area is 138 Å². The van der Waals surface area contributed by atoms with Gasteiger partial charge in [-0.2, -0.15) is 9.61 Å². The minimum atomic E-state index is -0.124. The van der Waals surface area contributed by atoms with Gasteiger partial charge >= 0.3 is 0 Å². The highest BCUT2D eigenvalue weighted by Crippen LogP contribution is 2.19. The lowest BCUT2D eigenvalue weighted by Crippen LogP contribution is -2.39. The summed E-state index contributed by atoms with van der Waals surface area (Å²) >= 11 is 1.46. The molecule has 0 atom stereocenters. The van der Waals surface area contributed by atoms with Crippen molar-refractivity contribution in [2.45, 2.75) is 32.7 Å². The quantitative estimate of drug-likeness (QED) is 0.888.